The molecule has 4 aromatic rings. The van der Waals surface area contributed by atoms with Crippen molar-refractivity contribution in [2.45, 2.75) is 25.5 Å². The largest absolute Gasteiger partial charge is 0.489 e. The quantitative estimate of drug-likeness (QED) is 0.171. The second-order valence-corrected chi connectivity index (χ2v) is 10.3. The van der Waals surface area contributed by atoms with Gasteiger partial charge in [-0.3, -0.25) is 14.9 Å². The van der Waals surface area contributed by atoms with Gasteiger partial charge in [-0.2, -0.15) is 26.3 Å². The number of imide groups is 1. The normalized spacial score (nSPS) is 15.2. The highest BCUT2D eigenvalue weighted by molar-refractivity contribution is 8.18. The molecule has 1 aliphatic rings. The van der Waals surface area contributed by atoms with Crippen LogP contribution in [0.25, 0.3) is 17.0 Å². The topological polar surface area (TPSA) is 60.3 Å². The van der Waals surface area contributed by atoms with Crippen LogP contribution in [0, 0.1) is 0 Å². The van der Waals surface area contributed by atoms with Crippen molar-refractivity contribution in [2.24, 2.45) is 0 Å². The second kappa shape index (κ2) is 11.4. The zero-order chi connectivity index (χ0) is 30.1. The molecule has 5 nitrogen and oxygen atoms in total. The fourth-order valence-corrected chi connectivity index (χ4v) is 5.04. The fraction of sp³-hybridized carbons (Fsp3) is 0.133. The van der Waals surface area contributed by atoms with Crippen LogP contribution in [0.5, 0.6) is 5.75 Å². The number of fused-ring (bicyclic) bond motifs is 1. The van der Waals surface area contributed by atoms with Gasteiger partial charge in [-0.1, -0.05) is 42.5 Å². The van der Waals surface area contributed by atoms with Crippen LogP contribution in [0.3, 0.4) is 0 Å². The smallest absolute Gasteiger partial charge is 0.416 e. The summed E-state index contributed by atoms with van der Waals surface area (Å²) in [6, 6.07) is 17.7. The summed E-state index contributed by atoms with van der Waals surface area (Å²) in [5.41, 5.74) is -1.31. The number of allylic oxidation sites excluding steroid dienone is 2. The maximum atomic E-state index is 13.9. The van der Waals surface area contributed by atoms with E-state index in [2.05, 4.69) is 5.32 Å². The number of carbonyl (C=O) groups excluding carboxylic acids is 2. The molecule has 42 heavy (non-hydrogen) atoms. The SMILES string of the molecule is O=C1NC(=O)C(=CC=Cc2cc3cc(OCc4ccccc4)ccc3n2Cc2ccc(C(F)(F)F)cc2C(F)(F)F)S1. The number of halogens is 6. The van der Waals surface area contributed by atoms with Crippen molar-refractivity contribution >= 4 is 39.9 Å². The van der Waals surface area contributed by atoms with E-state index in [9.17, 15) is 35.9 Å². The van der Waals surface area contributed by atoms with Gasteiger partial charge in [-0.25, -0.2) is 0 Å². The van der Waals surface area contributed by atoms with Gasteiger partial charge in [-0.15, -0.1) is 0 Å². The Morgan fingerprint density at radius 2 is 1.64 bits per heavy atom. The fourth-order valence-electron chi connectivity index (χ4n) is 4.41. The highest BCUT2D eigenvalue weighted by Gasteiger charge is 2.38. The van der Waals surface area contributed by atoms with E-state index in [4.69, 9.17) is 4.74 Å². The van der Waals surface area contributed by atoms with E-state index >= 15 is 0 Å². The summed E-state index contributed by atoms with van der Waals surface area (Å²) < 4.78 is 88.7. The van der Waals surface area contributed by atoms with Crippen LogP contribution in [0.4, 0.5) is 31.1 Å². The first-order valence-electron chi connectivity index (χ1n) is 12.4. The molecule has 2 heterocycles. The molecule has 1 fully saturated rings. The molecule has 1 saturated heterocycles. The monoisotopic (exact) mass is 602 g/mol. The maximum absolute atomic E-state index is 13.9. The molecule has 1 aliphatic heterocycles. The molecule has 5 rings (SSSR count). The Morgan fingerprint density at radius 3 is 2.31 bits per heavy atom. The van der Waals surface area contributed by atoms with Crippen LogP contribution in [-0.4, -0.2) is 15.7 Å². The van der Waals surface area contributed by atoms with Crippen molar-refractivity contribution in [1.29, 1.82) is 0 Å². The summed E-state index contributed by atoms with van der Waals surface area (Å²) in [5.74, 6) is -0.0702. The molecule has 3 aromatic carbocycles. The van der Waals surface area contributed by atoms with Gasteiger partial charge in [0.15, 0.2) is 0 Å². The zero-order valence-corrected chi connectivity index (χ0v) is 22.2. The molecule has 0 spiro atoms. The second-order valence-electron chi connectivity index (χ2n) is 9.25. The van der Waals surface area contributed by atoms with Gasteiger partial charge >= 0.3 is 12.4 Å². The summed E-state index contributed by atoms with van der Waals surface area (Å²) >= 11 is 0.704. The first-order chi connectivity index (χ1) is 19.9. The Morgan fingerprint density at radius 1 is 0.881 bits per heavy atom. The van der Waals surface area contributed by atoms with Crippen LogP contribution in [-0.2, 0) is 30.3 Å². The van der Waals surface area contributed by atoms with Crippen LogP contribution in [0.1, 0.15) is 27.9 Å². The van der Waals surface area contributed by atoms with Gasteiger partial charge in [-0.05, 0) is 71.4 Å². The number of aromatic nitrogens is 1. The number of carbonyl (C=O) groups is 2. The molecule has 1 aromatic heterocycles. The highest BCUT2D eigenvalue weighted by atomic mass is 32.2. The number of hydrogen-bond acceptors (Lipinski definition) is 4. The summed E-state index contributed by atoms with van der Waals surface area (Å²) in [6.45, 7) is -0.114. The molecule has 1 N–H and O–H groups in total. The average molecular weight is 603 g/mol. The minimum atomic E-state index is -5.03. The van der Waals surface area contributed by atoms with Gasteiger partial charge in [0.1, 0.15) is 12.4 Å². The van der Waals surface area contributed by atoms with E-state index < -0.39 is 41.2 Å². The first kappa shape index (κ1) is 29.1. The molecule has 0 saturated carbocycles. The van der Waals surface area contributed by atoms with E-state index in [1.807, 2.05) is 30.3 Å². The van der Waals surface area contributed by atoms with E-state index in [-0.39, 0.29) is 23.1 Å². The Hall–Kier alpha value is -4.45. The number of rotatable bonds is 7. The third kappa shape index (κ3) is 6.54. The molecule has 216 valence electrons. The number of amides is 2. The average Bonchev–Trinajstić information content (AvgIpc) is 3.44. The number of thioether (sulfide) groups is 1. The van der Waals surface area contributed by atoms with E-state index in [0.717, 1.165) is 11.6 Å². The van der Waals surface area contributed by atoms with Crippen LogP contribution < -0.4 is 10.1 Å². The van der Waals surface area contributed by atoms with Gasteiger partial charge < -0.3 is 9.30 Å². The maximum Gasteiger partial charge on any atom is 0.416 e. The van der Waals surface area contributed by atoms with E-state index in [1.54, 1.807) is 24.3 Å². The minimum absolute atomic E-state index is 0.115. The summed E-state index contributed by atoms with van der Waals surface area (Å²) in [6.07, 6.45) is -5.58. The van der Waals surface area contributed by atoms with Crippen molar-refractivity contribution < 1.29 is 40.7 Å². The molecular weight excluding hydrogens is 582 g/mol. The standard InChI is InChI=1S/C30H20F6N2O3S/c31-29(32,33)21-10-9-19(24(15-21)30(34,35)36)16-38-22(7-4-8-26-27(39)37-28(40)42-26)13-20-14-23(11-12-25(20)38)41-17-18-5-2-1-3-6-18/h1-15H,16-17H2,(H,37,39,40). The van der Waals surface area contributed by atoms with Crippen molar-refractivity contribution in [3.8, 4) is 5.75 Å². The molecule has 0 radical (unpaired) electrons. The Kier molecular flexibility index (Phi) is 7.91. The molecule has 0 atom stereocenters. The lowest BCUT2D eigenvalue weighted by molar-refractivity contribution is -0.143. The lowest BCUT2D eigenvalue weighted by Crippen LogP contribution is -2.17. The zero-order valence-electron chi connectivity index (χ0n) is 21.4. The lowest BCUT2D eigenvalue weighted by atomic mass is 10.0. The predicted molar refractivity (Wildman–Crippen MR) is 147 cm³/mol. The summed E-state index contributed by atoms with van der Waals surface area (Å²) in [4.78, 5) is 23.4. The third-order valence-electron chi connectivity index (χ3n) is 6.38. The Balaban J connectivity index is 1.54. The van der Waals surface area contributed by atoms with E-state index in [1.165, 1.54) is 22.8 Å². The van der Waals surface area contributed by atoms with Gasteiger partial charge in [0.2, 0.25) is 0 Å². The van der Waals surface area contributed by atoms with Crippen LogP contribution >= 0.6 is 11.8 Å². The predicted octanol–water partition coefficient (Wildman–Crippen LogP) is 8.19. The van der Waals surface area contributed by atoms with Crippen LogP contribution in [0.15, 0.2) is 89.9 Å². The summed E-state index contributed by atoms with van der Waals surface area (Å²) in [7, 11) is 0. The molecule has 2 amide bonds. The van der Waals surface area contributed by atoms with Crippen molar-refractivity contribution in [3.63, 3.8) is 0 Å². The van der Waals surface area contributed by atoms with E-state index in [0.29, 0.717) is 40.2 Å². The number of nitrogens with one attached hydrogen (secondary N) is 1. The highest BCUT2D eigenvalue weighted by Crippen LogP contribution is 2.38. The molecule has 0 unspecified atom stereocenters. The van der Waals surface area contributed by atoms with Gasteiger partial charge in [0.25, 0.3) is 11.1 Å². The molecule has 0 aliphatic carbocycles. The van der Waals surface area contributed by atoms with Gasteiger partial charge in [0.05, 0.1) is 16.0 Å². The van der Waals surface area contributed by atoms with Crippen molar-refractivity contribution in [2.75, 3.05) is 0 Å². The minimum Gasteiger partial charge on any atom is -0.489 e. The Labute approximate surface area is 239 Å². The number of nitrogens with zero attached hydrogens (tertiary/aromatic N) is 1. The number of alkyl halides is 6. The van der Waals surface area contributed by atoms with Gasteiger partial charge in [0, 0.05) is 23.1 Å². The lowest BCUT2D eigenvalue weighted by Gasteiger charge is -2.18. The molecule has 0 bridgehead atoms. The number of ether oxygens (including phenoxy) is 1. The molecule has 12 heteroatoms. The number of hydrogen-bond donors (Lipinski definition) is 1. The molecular formula is C30H20F6N2O3S. The van der Waals surface area contributed by atoms with Crippen molar-refractivity contribution in [1.82, 2.24) is 9.88 Å². The van der Waals surface area contributed by atoms with Crippen molar-refractivity contribution in [3.05, 3.63) is 118 Å². The first-order valence-corrected chi connectivity index (χ1v) is 13.2. The Bertz CT molecular complexity index is 1720. The third-order valence-corrected chi connectivity index (χ3v) is 7.21. The number of benzene rings is 3. The summed E-state index contributed by atoms with van der Waals surface area (Å²) in [5, 5.41) is 2.20. The van der Waals surface area contributed by atoms with Crippen LogP contribution in [0.2, 0.25) is 0 Å².